The predicted octanol–water partition coefficient (Wildman–Crippen LogP) is 2.17. The Bertz CT molecular complexity index is 276. The van der Waals surface area contributed by atoms with Gasteiger partial charge in [0.05, 0.1) is 12.2 Å². The maximum absolute atomic E-state index is 11.3. The first-order valence-corrected chi connectivity index (χ1v) is 5.32. The Morgan fingerprint density at radius 2 is 1.93 bits per heavy atom. The summed E-state index contributed by atoms with van der Waals surface area (Å²) in [7, 11) is 0. The van der Waals surface area contributed by atoms with Crippen molar-refractivity contribution in [2.24, 2.45) is 0 Å². The second kappa shape index (κ2) is 5.90. The van der Waals surface area contributed by atoms with Gasteiger partial charge in [0, 0.05) is 0 Å². The molecule has 0 heterocycles. The molecule has 0 unspecified atom stereocenters. The van der Waals surface area contributed by atoms with Crippen LogP contribution in [0.3, 0.4) is 0 Å². The molecule has 0 spiro atoms. The number of carbonyl (C=O) groups is 2. The lowest BCUT2D eigenvalue weighted by Gasteiger charge is -2.12. The van der Waals surface area contributed by atoms with E-state index in [0.717, 1.165) is 6.26 Å². The molecular formula is C10H15BrO4. The molecular weight excluding hydrogens is 264 g/mol. The Kier molecular flexibility index (Phi) is 5.57. The largest absolute Gasteiger partial charge is 0.463 e. The standard InChI is InChI=1S/C10H15BrO4/c1-5-14-8(12)7(2)6-15-9(13)10(3,4)11/h6H,5H2,1-4H3. The number of hydrogen-bond donors (Lipinski definition) is 0. The summed E-state index contributed by atoms with van der Waals surface area (Å²) in [5.41, 5.74) is 0.252. The molecule has 0 aromatic carbocycles. The first-order valence-electron chi connectivity index (χ1n) is 4.53. The average Bonchev–Trinajstić information content (AvgIpc) is 2.12. The number of hydrogen-bond acceptors (Lipinski definition) is 4. The molecule has 0 aliphatic rings. The molecule has 0 bridgehead atoms. The van der Waals surface area contributed by atoms with Crippen molar-refractivity contribution in [1.82, 2.24) is 0 Å². The summed E-state index contributed by atoms with van der Waals surface area (Å²) in [5, 5.41) is 0. The van der Waals surface area contributed by atoms with Crippen molar-refractivity contribution < 1.29 is 19.1 Å². The first-order chi connectivity index (χ1) is 6.79. The lowest BCUT2D eigenvalue weighted by Crippen LogP contribution is -2.25. The second-order valence-corrected chi connectivity index (χ2v) is 5.38. The molecule has 5 heteroatoms. The summed E-state index contributed by atoms with van der Waals surface area (Å²) in [6.45, 7) is 6.83. The molecule has 0 fully saturated rings. The zero-order chi connectivity index (χ0) is 12.1. The molecule has 4 nitrogen and oxygen atoms in total. The van der Waals surface area contributed by atoms with Crippen LogP contribution in [0.15, 0.2) is 11.8 Å². The van der Waals surface area contributed by atoms with E-state index in [0.29, 0.717) is 6.61 Å². The van der Waals surface area contributed by atoms with Gasteiger partial charge in [-0.1, -0.05) is 15.9 Å². The minimum Gasteiger partial charge on any atom is -0.463 e. The predicted molar refractivity (Wildman–Crippen MR) is 59.5 cm³/mol. The summed E-state index contributed by atoms with van der Waals surface area (Å²) in [4.78, 5) is 22.4. The molecule has 0 amide bonds. The van der Waals surface area contributed by atoms with Crippen LogP contribution in [-0.4, -0.2) is 22.9 Å². The lowest BCUT2D eigenvalue weighted by atomic mass is 10.2. The van der Waals surface area contributed by atoms with Gasteiger partial charge in [-0.25, -0.2) is 4.79 Å². The summed E-state index contributed by atoms with van der Waals surface area (Å²) in [5.74, 6) is -0.955. The minimum atomic E-state index is -0.765. The van der Waals surface area contributed by atoms with Gasteiger partial charge < -0.3 is 9.47 Å². The Labute approximate surface area is 97.8 Å². The number of ether oxygens (including phenoxy) is 2. The van der Waals surface area contributed by atoms with Gasteiger partial charge in [0.25, 0.3) is 0 Å². The summed E-state index contributed by atoms with van der Waals surface area (Å²) >= 11 is 3.14. The molecule has 15 heavy (non-hydrogen) atoms. The van der Waals surface area contributed by atoms with Crippen molar-refractivity contribution in [3.63, 3.8) is 0 Å². The fraction of sp³-hybridized carbons (Fsp3) is 0.600. The smallest absolute Gasteiger partial charge is 0.336 e. The van der Waals surface area contributed by atoms with Gasteiger partial charge in [0.2, 0.25) is 0 Å². The molecule has 0 radical (unpaired) electrons. The van der Waals surface area contributed by atoms with Crippen LogP contribution < -0.4 is 0 Å². The van der Waals surface area contributed by atoms with Gasteiger partial charge in [-0.3, -0.25) is 4.79 Å². The van der Waals surface area contributed by atoms with Crippen molar-refractivity contribution in [1.29, 1.82) is 0 Å². The molecule has 0 aliphatic heterocycles. The SMILES string of the molecule is CCOC(=O)C(C)=COC(=O)C(C)(C)Br. The van der Waals surface area contributed by atoms with Crippen LogP contribution in [0, 0.1) is 0 Å². The third kappa shape index (κ3) is 5.57. The fourth-order valence-electron chi connectivity index (χ4n) is 0.575. The van der Waals surface area contributed by atoms with Crippen molar-refractivity contribution in [3.8, 4) is 0 Å². The number of esters is 2. The molecule has 0 atom stereocenters. The zero-order valence-electron chi connectivity index (χ0n) is 9.30. The van der Waals surface area contributed by atoms with Crippen LogP contribution in [-0.2, 0) is 19.1 Å². The van der Waals surface area contributed by atoms with Crippen LogP contribution in [0.5, 0.6) is 0 Å². The van der Waals surface area contributed by atoms with E-state index in [-0.39, 0.29) is 5.57 Å². The summed E-state index contributed by atoms with van der Waals surface area (Å²) in [6, 6.07) is 0. The van der Waals surface area contributed by atoms with Gasteiger partial charge in [0.15, 0.2) is 0 Å². The Hall–Kier alpha value is -0.840. The van der Waals surface area contributed by atoms with Gasteiger partial charge >= 0.3 is 11.9 Å². The van der Waals surface area contributed by atoms with E-state index in [1.54, 1.807) is 20.8 Å². The van der Waals surface area contributed by atoms with Gasteiger partial charge in [0.1, 0.15) is 10.6 Å². The van der Waals surface area contributed by atoms with E-state index < -0.39 is 16.3 Å². The molecule has 86 valence electrons. The maximum atomic E-state index is 11.3. The topological polar surface area (TPSA) is 52.6 Å². The Morgan fingerprint density at radius 1 is 1.40 bits per heavy atom. The van der Waals surface area contributed by atoms with Crippen LogP contribution >= 0.6 is 15.9 Å². The van der Waals surface area contributed by atoms with Gasteiger partial charge in [-0.05, 0) is 27.7 Å². The second-order valence-electron chi connectivity index (χ2n) is 3.40. The van der Waals surface area contributed by atoms with Crippen molar-refractivity contribution in [3.05, 3.63) is 11.8 Å². The quantitative estimate of drug-likeness (QED) is 0.342. The van der Waals surface area contributed by atoms with Gasteiger partial charge in [-0.15, -0.1) is 0 Å². The highest BCUT2D eigenvalue weighted by atomic mass is 79.9. The third-order valence-corrected chi connectivity index (χ3v) is 1.75. The van der Waals surface area contributed by atoms with E-state index in [2.05, 4.69) is 15.9 Å². The fourth-order valence-corrected chi connectivity index (χ4v) is 0.669. The third-order valence-electron chi connectivity index (χ3n) is 1.43. The Morgan fingerprint density at radius 3 is 2.33 bits per heavy atom. The highest BCUT2D eigenvalue weighted by Gasteiger charge is 2.25. The van der Waals surface area contributed by atoms with Crippen LogP contribution in [0.1, 0.15) is 27.7 Å². The minimum absolute atomic E-state index is 0.252. The van der Waals surface area contributed by atoms with Crippen molar-refractivity contribution in [2.75, 3.05) is 6.61 Å². The maximum Gasteiger partial charge on any atom is 0.336 e. The zero-order valence-corrected chi connectivity index (χ0v) is 10.9. The van der Waals surface area contributed by atoms with E-state index in [1.165, 1.54) is 6.92 Å². The van der Waals surface area contributed by atoms with Crippen LogP contribution in [0.25, 0.3) is 0 Å². The van der Waals surface area contributed by atoms with E-state index in [9.17, 15) is 9.59 Å². The number of carbonyl (C=O) groups excluding carboxylic acids is 2. The Balaban J connectivity index is 4.29. The summed E-state index contributed by atoms with van der Waals surface area (Å²) < 4.78 is 8.73. The molecule has 0 aromatic heterocycles. The molecule has 0 rings (SSSR count). The molecule has 0 saturated carbocycles. The number of rotatable bonds is 4. The number of alkyl halides is 1. The van der Waals surface area contributed by atoms with E-state index in [1.807, 2.05) is 0 Å². The molecule has 0 aliphatic carbocycles. The molecule has 0 aromatic rings. The van der Waals surface area contributed by atoms with Crippen molar-refractivity contribution >= 4 is 27.9 Å². The highest BCUT2D eigenvalue weighted by Crippen LogP contribution is 2.17. The highest BCUT2D eigenvalue weighted by molar-refractivity contribution is 9.10. The van der Waals surface area contributed by atoms with E-state index in [4.69, 9.17) is 9.47 Å². The monoisotopic (exact) mass is 278 g/mol. The molecule has 0 N–H and O–H groups in total. The summed E-state index contributed by atoms with van der Waals surface area (Å²) in [6.07, 6.45) is 1.10. The van der Waals surface area contributed by atoms with Crippen molar-refractivity contribution in [2.45, 2.75) is 32.0 Å². The van der Waals surface area contributed by atoms with Crippen LogP contribution in [0.4, 0.5) is 0 Å². The van der Waals surface area contributed by atoms with Crippen LogP contribution in [0.2, 0.25) is 0 Å². The number of halogens is 1. The van der Waals surface area contributed by atoms with Gasteiger partial charge in [-0.2, -0.15) is 0 Å². The lowest BCUT2D eigenvalue weighted by molar-refractivity contribution is -0.140. The average molecular weight is 279 g/mol. The first kappa shape index (κ1) is 14.2. The molecule has 0 saturated heterocycles. The van der Waals surface area contributed by atoms with E-state index >= 15 is 0 Å². The normalized spacial score (nSPS) is 12.2.